The van der Waals surface area contributed by atoms with Gasteiger partial charge in [0.1, 0.15) is 5.82 Å². The van der Waals surface area contributed by atoms with Crippen molar-refractivity contribution in [1.82, 2.24) is 5.32 Å². The van der Waals surface area contributed by atoms with Gasteiger partial charge in [-0.25, -0.2) is 4.39 Å². The fourth-order valence-electron chi connectivity index (χ4n) is 2.02. The Morgan fingerprint density at radius 1 is 1.56 bits per heavy atom. The second-order valence-electron chi connectivity index (χ2n) is 4.14. The van der Waals surface area contributed by atoms with Crippen LogP contribution in [0.5, 0.6) is 0 Å². The maximum absolute atomic E-state index is 12.9. The number of anilines is 1. The summed E-state index contributed by atoms with van der Waals surface area (Å²) in [5, 5.41) is 5.95. The second kappa shape index (κ2) is 4.61. The van der Waals surface area contributed by atoms with Crippen LogP contribution in [-0.2, 0) is 4.79 Å². The van der Waals surface area contributed by atoms with Gasteiger partial charge in [-0.3, -0.25) is 4.79 Å². The highest BCUT2D eigenvalue weighted by Crippen LogP contribution is 2.18. The average molecular weight is 222 g/mol. The number of hydrogen-bond acceptors (Lipinski definition) is 2. The van der Waals surface area contributed by atoms with Crippen molar-refractivity contribution in [2.24, 2.45) is 5.92 Å². The summed E-state index contributed by atoms with van der Waals surface area (Å²) in [5.74, 6) is -0.401. The third kappa shape index (κ3) is 2.39. The third-order valence-corrected chi connectivity index (χ3v) is 2.95. The molecule has 1 saturated heterocycles. The fraction of sp³-hybridized carbons (Fsp3) is 0.417. The van der Waals surface area contributed by atoms with Crippen LogP contribution in [0, 0.1) is 11.7 Å². The van der Waals surface area contributed by atoms with E-state index in [2.05, 4.69) is 10.6 Å². The van der Waals surface area contributed by atoms with Gasteiger partial charge in [-0.1, -0.05) is 6.07 Å². The second-order valence-corrected chi connectivity index (χ2v) is 4.14. The van der Waals surface area contributed by atoms with E-state index in [0.29, 0.717) is 5.69 Å². The van der Waals surface area contributed by atoms with E-state index < -0.39 is 0 Å². The van der Waals surface area contributed by atoms with E-state index >= 15 is 0 Å². The largest absolute Gasteiger partial charge is 0.326 e. The molecule has 2 unspecified atom stereocenters. The van der Waals surface area contributed by atoms with Crippen LogP contribution in [0.25, 0.3) is 0 Å². The summed E-state index contributed by atoms with van der Waals surface area (Å²) in [6.45, 7) is 2.85. The highest BCUT2D eigenvalue weighted by atomic mass is 19.1. The highest BCUT2D eigenvalue weighted by molar-refractivity contribution is 5.93. The molecule has 0 aliphatic carbocycles. The zero-order valence-corrected chi connectivity index (χ0v) is 9.16. The minimum Gasteiger partial charge on any atom is -0.326 e. The molecule has 1 aliphatic heterocycles. The summed E-state index contributed by atoms with van der Waals surface area (Å²) >= 11 is 0. The Labute approximate surface area is 94.0 Å². The first-order valence-electron chi connectivity index (χ1n) is 5.46. The number of amides is 1. The smallest absolute Gasteiger partial charge is 0.229 e. The summed E-state index contributed by atoms with van der Waals surface area (Å²) in [6, 6.07) is 6.14. The summed E-state index contributed by atoms with van der Waals surface area (Å²) < 4.78 is 12.9. The lowest BCUT2D eigenvalue weighted by molar-refractivity contribution is -0.119. The van der Waals surface area contributed by atoms with Gasteiger partial charge in [0.25, 0.3) is 0 Å². The van der Waals surface area contributed by atoms with E-state index in [1.54, 1.807) is 12.1 Å². The van der Waals surface area contributed by atoms with Gasteiger partial charge in [0.15, 0.2) is 0 Å². The molecule has 3 nitrogen and oxygen atoms in total. The van der Waals surface area contributed by atoms with Crippen molar-refractivity contribution < 1.29 is 9.18 Å². The monoisotopic (exact) mass is 222 g/mol. The Bertz CT molecular complexity index is 394. The molecule has 86 valence electrons. The van der Waals surface area contributed by atoms with Gasteiger partial charge in [-0.15, -0.1) is 0 Å². The van der Waals surface area contributed by atoms with Crippen molar-refractivity contribution in [1.29, 1.82) is 0 Å². The Hall–Kier alpha value is -1.42. The molecule has 0 saturated carbocycles. The fourth-order valence-corrected chi connectivity index (χ4v) is 2.02. The molecule has 16 heavy (non-hydrogen) atoms. The molecule has 2 N–H and O–H groups in total. The molecule has 0 aromatic heterocycles. The summed E-state index contributed by atoms with van der Waals surface area (Å²) in [5.41, 5.74) is 0.518. The Morgan fingerprint density at radius 2 is 2.38 bits per heavy atom. The molecule has 4 heteroatoms. The molecule has 0 radical (unpaired) electrons. The third-order valence-electron chi connectivity index (χ3n) is 2.95. The number of carbonyl (C=O) groups excluding carboxylic acids is 1. The molecule has 2 rings (SSSR count). The molecule has 1 aliphatic rings. The van der Waals surface area contributed by atoms with Crippen LogP contribution in [0.2, 0.25) is 0 Å². The van der Waals surface area contributed by atoms with Crippen molar-refractivity contribution >= 4 is 11.6 Å². The van der Waals surface area contributed by atoms with Crippen molar-refractivity contribution in [2.75, 3.05) is 11.9 Å². The average Bonchev–Trinajstić information content (AvgIpc) is 2.64. The zero-order chi connectivity index (χ0) is 11.5. The predicted molar refractivity (Wildman–Crippen MR) is 60.6 cm³/mol. The lowest BCUT2D eigenvalue weighted by atomic mass is 10.0. The van der Waals surface area contributed by atoms with Crippen LogP contribution >= 0.6 is 0 Å². The quantitative estimate of drug-likeness (QED) is 0.800. The number of carbonyl (C=O) groups is 1. The van der Waals surface area contributed by atoms with E-state index in [-0.39, 0.29) is 23.7 Å². The van der Waals surface area contributed by atoms with Crippen LogP contribution in [0.15, 0.2) is 24.3 Å². The molecule has 1 aromatic rings. The molecule has 1 aromatic carbocycles. The number of nitrogens with one attached hydrogen (secondary N) is 2. The van der Waals surface area contributed by atoms with Gasteiger partial charge in [0.2, 0.25) is 5.91 Å². The van der Waals surface area contributed by atoms with Gasteiger partial charge >= 0.3 is 0 Å². The first kappa shape index (κ1) is 11.1. The first-order valence-corrected chi connectivity index (χ1v) is 5.46. The highest BCUT2D eigenvalue weighted by Gasteiger charge is 2.29. The van der Waals surface area contributed by atoms with Crippen molar-refractivity contribution in [3.8, 4) is 0 Å². The molecule has 1 fully saturated rings. The summed E-state index contributed by atoms with van der Waals surface area (Å²) in [4.78, 5) is 11.9. The topological polar surface area (TPSA) is 41.1 Å². The molecule has 2 atom stereocenters. The van der Waals surface area contributed by atoms with E-state index in [9.17, 15) is 9.18 Å². The van der Waals surface area contributed by atoms with Gasteiger partial charge in [0.05, 0.1) is 5.92 Å². The van der Waals surface area contributed by atoms with E-state index in [0.717, 1.165) is 13.0 Å². The minimum absolute atomic E-state index is 0.0248. The standard InChI is InChI=1S/C12H15FN2O/c1-8-11(5-6-14-8)12(16)15-10-4-2-3-9(13)7-10/h2-4,7-8,11,14H,5-6H2,1H3,(H,15,16). The Morgan fingerprint density at radius 3 is 3.00 bits per heavy atom. The maximum Gasteiger partial charge on any atom is 0.229 e. The van der Waals surface area contributed by atoms with Gasteiger partial charge in [-0.05, 0) is 38.1 Å². The van der Waals surface area contributed by atoms with Crippen LogP contribution < -0.4 is 10.6 Å². The first-order chi connectivity index (χ1) is 7.66. The molecule has 0 bridgehead atoms. The normalized spacial score (nSPS) is 24.4. The van der Waals surface area contributed by atoms with Crippen LogP contribution in [0.3, 0.4) is 0 Å². The number of halogens is 1. The van der Waals surface area contributed by atoms with E-state index in [1.165, 1.54) is 12.1 Å². The van der Waals surface area contributed by atoms with E-state index in [4.69, 9.17) is 0 Å². The zero-order valence-electron chi connectivity index (χ0n) is 9.16. The Balaban J connectivity index is 2.02. The molecular weight excluding hydrogens is 207 g/mol. The summed E-state index contributed by atoms with van der Waals surface area (Å²) in [6.07, 6.45) is 0.836. The SMILES string of the molecule is CC1NCCC1C(=O)Nc1cccc(F)c1. The molecule has 1 heterocycles. The van der Waals surface area contributed by atoms with Gasteiger partial charge < -0.3 is 10.6 Å². The predicted octanol–water partition coefficient (Wildman–Crippen LogP) is 1.76. The minimum atomic E-state index is -0.338. The Kier molecular flexibility index (Phi) is 3.19. The van der Waals surface area contributed by atoms with Gasteiger partial charge in [-0.2, -0.15) is 0 Å². The maximum atomic E-state index is 12.9. The number of hydrogen-bond donors (Lipinski definition) is 2. The van der Waals surface area contributed by atoms with Crippen molar-refractivity contribution in [2.45, 2.75) is 19.4 Å². The van der Waals surface area contributed by atoms with Crippen LogP contribution in [0.1, 0.15) is 13.3 Å². The lowest BCUT2D eigenvalue weighted by Crippen LogP contribution is -2.32. The summed E-state index contributed by atoms with van der Waals surface area (Å²) in [7, 11) is 0. The van der Waals surface area contributed by atoms with Crippen molar-refractivity contribution in [3.63, 3.8) is 0 Å². The number of rotatable bonds is 2. The molecule has 1 amide bonds. The van der Waals surface area contributed by atoms with E-state index in [1.807, 2.05) is 6.92 Å². The van der Waals surface area contributed by atoms with Crippen LogP contribution in [0.4, 0.5) is 10.1 Å². The molecular formula is C12H15FN2O. The molecule has 0 spiro atoms. The lowest BCUT2D eigenvalue weighted by Gasteiger charge is -2.14. The number of benzene rings is 1. The van der Waals surface area contributed by atoms with Crippen LogP contribution in [-0.4, -0.2) is 18.5 Å². The van der Waals surface area contributed by atoms with Crippen molar-refractivity contribution in [3.05, 3.63) is 30.1 Å². The van der Waals surface area contributed by atoms with Gasteiger partial charge in [0, 0.05) is 11.7 Å².